The van der Waals surface area contributed by atoms with Crippen molar-refractivity contribution in [2.45, 2.75) is 27.2 Å². The van der Waals surface area contributed by atoms with Crippen LogP contribution in [0.3, 0.4) is 0 Å². The van der Waals surface area contributed by atoms with Gasteiger partial charge in [0.1, 0.15) is 25.6 Å². The van der Waals surface area contributed by atoms with Crippen LogP contribution in [0.1, 0.15) is 26.3 Å². The summed E-state index contributed by atoms with van der Waals surface area (Å²) in [6, 6.07) is 12.2. The Hall–Kier alpha value is -2.73. The lowest BCUT2D eigenvalue weighted by Crippen LogP contribution is -2.29. The van der Waals surface area contributed by atoms with Crippen LogP contribution < -0.4 is 14.2 Å². The number of carbonyl (C=O) groups is 1. The van der Waals surface area contributed by atoms with E-state index in [1.54, 1.807) is 11.9 Å². The molecular weight excluding hydrogens is 382 g/mol. The lowest BCUT2D eigenvalue weighted by atomic mass is 9.86. The molecule has 0 aliphatic carbocycles. The Morgan fingerprint density at radius 2 is 1.73 bits per heavy atom. The minimum atomic E-state index is -0.838. The molecule has 0 amide bonds. The molecule has 30 heavy (non-hydrogen) atoms. The molecule has 0 saturated heterocycles. The van der Waals surface area contributed by atoms with Gasteiger partial charge in [0.15, 0.2) is 11.5 Å². The summed E-state index contributed by atoms with van der Waals surface area (Å²) < 4.78 is 17.4. The Balaban J connectivity index is 1.79. The zero-order valence-electron chi connectivity index (χ0n) is 18.2. The highest BCUT2D eigenvalue weighted by Gasteiger charge is 2.18. The molecule has 162 valence electrons. The number of carboxylic acid groups (broad SMARTS) is 1. The second-order valence-corrected chi connectivity index (χ2v) is 8.90. The molecule has 6 nitrogen and oxygen atoms in total. The Kier molecular flexibility index (Phi) is 6.87. The third-order valence-corrected chi connectivity index (χ3v) is 4.79. The Bertz CT molecular complexity index is 888. The fourth-order valence-electron chi connectivity index (χ4n) is 3.45. The number of benzene rings is 2. The summed E-state index contributed by atoms with van der Waals surface area (Å²) in [5.41, 5.74) is 3.41. The third kappa shape index (κ3) is 6.13. The molecule has 0 fully saturated rings. The van der Waals surface area contributed by atoms with Crippen molar-refractivity contribution in [2.75, 3.05) is 40.0 Å². The number of aliphatic carboxylic acids is 1. The van der Waals surface area contributed by atoms with Crippen molar-refractivity contribution in [1.82, 2.24) is 4.90 Å². The van der Waals surface area contributed by atoms with Gasteiger partial charge in [0, 0.05) is 6.54 Å². The molecule has 0 radical (unpaired) electrons. The number of nitrogens with zero attached hydrogens (tertiary/aromatic N) is 1. The molecule has 0 aromatic heterocycles. The molecule has 1 heterocycles. The van der Waals surface area contributed by atoms with Crippen LogP contribution in [0.5, 0.6) is 17.2 Å². The first kappa shape index (κ1) is 22.0. The van der Waals surface area contributed by atoms with Crippen molar-refractivity contribution in [2.24, 2.45) is 5.41 Å². The molecule has 6 heteroatoms. The fraction of sp³-hybridized carbons (Fsp3) is 0.458. The Morgan fingerprint density at radius 1 is 1.07 bits per heavy atom. The lowest BCUT2D eigenvalue weighted by molar-refractivity contribution is -0.138. The van der Waals surface area contributed by atoms with Gasteiger partial charge in [-0.05, 0) is 59.8 Å². The fourth-order valence-corrected chi connectivity index (χ4v) is 3.45. The van der Waals surface area contributed by atoms with Gasteiger partial charge < -0.3 is 19.3 Å². The van der Waals surface area contributed by atoms with E-state index < -0.39 is 5.97 Å². The van der Waals surface area contributed by atoms with Crippen LogP contribution >= 0.6 is 0 Å². The second-order valence-electron chi connectivity index (χ2n) is 8.90. The zero-order chi connectivity index (χ0) is 21.7. The summed E-state index contributed by atoms with van der Waals surface area (Å²) in [4.78, 5) is 12.5. The predicted molar refractivity (Wildman–Crippen MR) is 117 cm³/mol. The maximum Gasteiger partial charge on any atom is 0.317 e. The van der Waals surface area contributed by atoms with Crippen molar-refractivity contribution in [1.29, 1.82) is 0 Å². The van der Waals surface area contributed by atoms with Gasteiger partial charge in [0.2, 0.25) is 0 Å². The normalized spacial score (nSPS) is 13.4. The molecule has 0 bridgehead atoms. The molecule has 2 aromatic rings. The Morgan fingerprint density at radius 3 is 2.43 bits per heavy atom. The van der Waals surface area contributed by atoms with E-state index in [-0.39, 0.29) is 12.0 Å². The molecule has 0 unspecified atom stereocenters. The molecule has 1 aliphatic rings. The number of rotatable bonds is 8. The first-order chi connectivity index (χ1) is 14.2. The van der Waals surface area contributed by atoms with E-state index in [0.29, 0.717) is 26.4 Å². The summed E-state index contributed by atoms with van der Waals surface area (Å²) >= 11 is 0. The van der Waals surface area contributed by atoms with Gasteiger partial charge in [0.05, 0.1) is 6.54 Å². The summed E-state index contributed by atoms with van der Waals surface area (Å²) in [6.45, 7) is 8.73. The van der Waals surface area contributed by atoms with Crippen LogP contribution in [0.25, 0.3) is 11.1 Å². The van der Waals surface area contributed by atoms with Crippen molar-refractivity contribution < 1.29 is 24.1 Å². The average molecular weight is 414 g/mol. The molecule has 3 rings (SSSR count). The number of carboxylic acids is 1. The van der Waals surface area contributed by atoms with Gasteiger partial charge in [-0.25, -0.2) is 0 Å². The van der Waals surface area contributed by atoms with Crippen LogP contribution in [-0.4, -0.2) is 55.9 Å². The summed E-state index contributed by atoms with van der Waals surface area (Å²) in [5.74, 6) is 1.56. The molecule has 2 aromatic carbocycles. The van der Waals surface area contributed by atoms with Crippen molar-refractivity contribution in [3.8, 4) is 28.4 Å². The monoisotopic (exact) mass is 413 g/mol. The summed E-state index contributed by atoms with van der Waals surface area (Å²) in [6.07, 6.45) is 0.867. The number of fused-ring (bicyclic) bond motifs is 1. The molecule has 0 saturated carbocycles. The average Bonchev–Trinajstić information content (AvgIpc) is 2.67. The van der Waals surface area contributed by atoms with Gasteiger partial charge in [-0.3, -0.25) is 9.69 Å². The third-order valence-electron chi connectivity index (χ3n) is 4.79. The summed E-state index contributed by atoms with van der Waals surface area (Å²) in [5, 5.41) is 8.89. The van der Waals surface area contributed by atoms with Gasteiger partial charge in [0.25, 0.3) is 0 Å². The van der Waals surface area contributed by atoms with E-state index in [1.807, 2.05) is 30.3 Å². The Labute approximate surface area is 178 Å². The first-order valence-corrected chi connectivity index (χ1v) is 10.3. The van der Waals surface area contributed by atoms with Crippen LogP contribution in [0, 0.1) is 5.41 Å². The van der Waals surface area contributed by atoms with Crippen molar-refractivity contribution in [3.05, 3.63) is 42.0 Å². The molecule has 0 spiro atoms. The van der Waals surface area contributed by atoms with Gasteiger partial charge in [-0.15, -0.1) is 0 Å². The maximum absolute atomic E-state index is 10.8. The van der Waals surface area contributed by atoms with Crippen LogP contribution in [0.4, 0.5) is 0 Å². The SMILES string of the molecule is CN(CCOc1ccc(-c2ccc3c(c2)OCCO3)cc1CC(C)(C)C)CC(=O)O. The number of hydrogen-bond acceptors (Lipinski definition) is 5. The van der Waals surface area contributed by atoms with Crippen LogP contribution in [0.2, 0.25) is 0 Å². The second kappa shape index (κ2) is 9.39. The van der Waals surface area contributed by atoms with Crippen molar-refractivity contribution in [3.63, 3.8) is 0 Å². The quantitative estimate of drug-likeness (QED) is 0.703. The maximum atomic E-state index is 10.8. The van der Waals surface area contributed by atoms with Crippen LogP contribution in [-0.2, 0) is 11.2 Å². The van der Waals surface area contributed by atoms with E-state index in [0.717, 1.165) is 40.4 Å². The van der Waals surface area contributed by atoms with Gasteiger partial charge >= 0.3 is 5.97 Å². The zero-order valence-corrected chi connectivity index (χ0v) is 18.2. The largest absolute Gasteiger partial charge is 0.492 e. The topological polar surface area (TPSA) is 68.2 Å². The molecule has 1 N–H and O–H groups in total. The molecule has 1 aliphatic heterocycles. The van der Waals surface area contributed by atoms with E-state index in [1.165, 1.54) is 0 Å². The van der Waals surface area contributed by atoms with Crippen molar-refractivity contribution >= 4 is 5.97 Å². The summed E-state index contributed by atoms with van der Waals surface area (Å²) in [7, 11) is 1.78. The number of likely N-dealkylation sites (N-methyl/N-ethyl adjacent to an activating group) is 1. The standard InChI is InChI=1S/C24H31NO5/c1-24(2,3)15-19-13-17(18-6-8-21-22(14-18)30-12-11-29-21)5-7-20(19)28-10-9-25(4)16-23(26)27/h5-8,13-14H,9-12,15-16H2,1-4H3,(H,26,27). The lowest BCUT2D eigenvalue weighted by Gasteiger charge is -2.23. The molecule has 0 atom stereocenters. The smallest absolute Gasteiger partial charge is 0.317 e. The minimum Gasteiger partial charge on any atom is -0.492 e. The number of hydrogen-bond donors (Lipinski definition) is 1. The molecular formula is C24H31NO5. The predicted octanol–water partition coefficient (Wildman–Crippen LogP) is 4.11. The van der Waals surface area contributed by atoms with E-state index in [9.17, 15) is 4.79 Å². The minimum absolute atomic E-state index is 0.00125. The number of ether oxygens (including phenoxy) is 3. The van der Waals surface area contributed by atoms with E-state index in [2.05, 4.69) is 26.8 Å². The van der Waals surface area contributed by atoms with Gasteiger partial charge in [-0.2, -0.15) is 0 Å². The van der Waals surface area contributed by atoms with E-state index >= 15 is 0 Å². The van der Waals surface area contributed by atoms with Gasteiger partial charge in [-0.1, -0.05) is 32.9 Å². The van der Waals surface area contributed by atoms with E-state index in [4.69, 9.17) is 19.3 Å². The highest BCUT2D eigenvalue weighted by Crippen LogP contribution is 2.37. The highest BCUT2D eigenvalue weighted by molar-refractivity contribution is 5.69. The first-order valence-electron chi connectivity index (χ1n) is 10.3. The van der Waals surface area contributed by atoms with Crippen LogP contribution in [0.15, 0.2) is 36.4 Å². The highest BCUT2D eigenvalue weighted by atomic mass is 16.6.